The predicted octanol–water partition coefficient (Wildman–Crippen LogP) is 2.56. The highest BCUT2D eigenvalue weighted by Crippen LogP contribution is 2.24. The Labute approximate surface area is 176 Å². The maximum absolute atomic E-state index is 12.7. The molecule has 0 saturated heterocycles. The van der Waals surface area contributed by atoms with Gasteiger partial charge in [0, 0.05) is 23.3 Å². The van der Waals surface area contributed by atoms with Gasteiger partial charge >= 0.3 is 0 Å². The first kappa shape index (κ1) is 19.9. The molecule has 0 bridgehead atoms. The molecule has 0 aliphatic carbocycles. The molecule has 1 aromatic carbocycles. The summed E-state index contributed by atoms with van der Waals surface area (Å²) in [5.74, 6) is 0.400. The largest absolute Gasteiger partial charge is 0.321 e. The topological polar surface area (TPSA) is 131 Å². The number of hydrogen-bond acceptors (Lipinski definition) is 8. The lowest BCUT2D eigenvalue weighted by Gasteiger charge is -2.08. The number of sulfonamides is 1. The zero-order chi connectivity index (χ0) is 21.5. The number of carbonyl (C=O) groups excluding carboxylic acids is 1. The quantitative estimate of drug-likeness (QED) is 0.484. The van der Waals surface area contributed by atoms with Gasteiger partial charge in [-0.25, -0.2) is 23.1 Å². The van der Waals surface area contributed by atoms with Crippen molar-refractivity contribution in [2.24, 2.45) is 0 Å². The summed E-state index contributed by atoms with van der Waals surface area (Å²) in [6.45, 7) is 5.38. The van der Waals surface area contributed by atoms with Gasteiger partial charge in [-0.1, -0.05) is 11.3 Å². The van der Waals surface area contributed by atoms with Gasteiger partial charge in [-0.2, -0.15) is 0 Å². The highest BCUT2D eigenvalue weighted by atomic mass is 32.2. The van der Waals surface area contributed by atoms with E-state index in [1.165, 1.54) is 41.8 Å². The van der Waals surface area contributed by atoms with E-state index in [9.17, 15) is 13.2 Å². The maximum Gasteiger partial charge on any atom is 0.267 e. The molecule has 4 rings (SSSR count). The van der Waals surface area contributed by atoms with Gasteiger partial charge in [0.2, 0.25) is 10.9 Å². The Kier molecular flexibility index (Phi) is 4.95. The molecule has 0 atom stereocenters. The average Bonchev–Trinajstić information content (AvgIpc) is 3.22. The lowest BCUT2D eigenvalue weighted by atomic mass is 10.3. The number of hydrogen-bond donors (Lipinski definition) is 2. The monoisotopic (exact) mass is 443 g/mol. The molecule has 154 valence electrons. The summed E-state index contributed by atoms with van der Waals surface area (Å²) in [6.07, 6.45) is 1.47. The van der Waals surface area contributed by atoms with Crippen molar-refractivity contribution in [3.63, 3.8) is 0 Å². The van der Waals surface area contributed by atoms with E-state index in [1.807, 2.05) is 18.2 Å². The summed E-state index contributed by atoms with van der Waals surface area (Å²) in [5, 5.41) is 10.8. The summed E-state index contributed by atoms with van der Waals surface area (Å²) in [6, 6.07) is 7.50. The van der Waals surface area contributed by atoms with E-state index in [0.29, 0.717) is 27.0 Å². The fourth-order valence-corrected chi connectivity index (χ4v) is 4.81. The maximum atomic E-state index is 12.7. The molecular weight excluding hydrogens is 426 g/mol. The number of amides is 1. The summed E-state index contributed by atoms with van der Waals surface area (Å²) >= 11 is 1.24. The van der Waals surface area contributed by atoms with Crippen molar-refractivity contribution in [2.45, 2.75) is 25.7 Å². The number of aryl methyl sites for hydroxylation is 3. The molecule has 1 amide bonds. The first-order valence-corrected chi connectivity index (χ1v) is 11.1. The summed E-state index contributed by atoms with van der Waals surface area (Å²) in [5.41, 5.74) is 1.85. The van der Waals surface area contributed by atoms with Crippen LogP contribution in [0.5, 0.6) is 0 Å². The molecule has 2 N–H and O–H groups in total. The van der Waals surface area contributed by atoms with E-state index in [1.54, 1.807) is 13.0 Å². The number of fused-ring (bicyclic) bond motifs is 1. The standard InChI is InChI=1S/C18H17N7O3S2/c1-10-8-9-19-17(20-10)24-30(27,28)14-6-4-13(5-7-14)21-16(26)15-11(2)25-12(3)22-23-18(25)29-15/h4-9H,1-3H3,(H,21,26)(H,19,20,24). The molecule has 0 saturated carbocycles. The van der Waals surface area contributed by atoms with Gasteiger partial charge in [0.25, 0.3) is 15.9 Å². The molecule has 12 heteroatoms. The Morgan fingerprint density at radius 3 is 2.47 bits per heavy atom. The summed E-state index contributed by atoms with van der Waals surface area (Å²) in [4.78, 5) is 21.8. The molecule has 30 heavy (non-hydrogen) atoms. The minimum absolute atomic E-state index is 0.00431. The number of carbonyl (C=O) groups is 1. The Bertz CT molecular complexity index is 1360. The van der Waals surface area contributed by atoms with Crippen molar-refractivity contribution in [3.05, 3.63) is 58.6 Å². The normalized spacial score (nSPS) is 11.6. The molecule has 0 spiro atoms. The van der Waals surface area contributed by atoms with Crippen molar-refractivity contribution >= 4 is 43.9 Å². The molecule has 0 aliphatic rings. The van der Waals surface area contributed by atoms with Gasteiger partial charge in [0.1, 0.15) is 10.7 Å². The van der Waals surface area contributed by atoms with Gasteiger partial charge in [-0.3, -0.25) is 9.20 Å². The molecule has 0 unspecified atom stereocenters. The third-order valence-corrected chi connectivity index (χ3v) is 6.78. The summed E-state index contributed by atoms with van der Waals surface area (Å²) < 4.78 is 29.2. The Morgan fingerprint density at radius 1 is 1.07 bits per heavy atom. The van der Waals surface area contributed by atoms with E-state index in [-0.39, 0.29) is 16.8 Å². The number of rotatable bonds is 5. The van der Waals surface area contributed by atoms with Gasteiger partial charge in [-0.15, -0.1) is 10.2 Å². The van der Waals surface area contributed by atoms with Crippen LogP contribution in [0, 0.1) is 20.8 Å². The third-order valence-electron chi connectivity index (χ3n) is 4.30. The van der Waals surface area contributed by atoms with E-state index >= 15 is 0 Å². The van der Waals surface area contributed by atoms with Crippen LogP contribution in [0.15, 0.2) is 41.4 Å². The first-order valence-electron chi connectivity index (χ1n) is 8.79. The first-order chi connectivity index (χ1) is 14.2. The minimum atomic E-state index is -3.85. The average molecular weight is 444 g/mol. The number of benzene rings is 1. The molecule has 3 aromatic heterocycles. The molecule has 0 aliphatic heterocycles. The van der Waals surface area contributed by atoms with Crippen LogP contribution in [-0.2, 0) is 10.0 Å². The van der Waals surface area contributed by atoms with Crippen molar-refractivity contribution in [1.82, 2.24) is 24.6 Å². The second-order valence-electron chi connectivity index (χ2n) is 6.49. The van der Waals surface area contributed by atoms with Crippen molar-refractivity contribution in [1.29, 1.82) is 0 Å². The summed E-state index contributed by atoms with van der Waals surface area (Å²) in [7, 11) is -3.85. The van der Waals surface area contributed by atoms with Gasteiger partial charge in [0.05, 0.1) is 4.90 Å². The van der Waals surface area contributed by atoms with Crippen LogP contribution in [-0.4, -0.2) is 38.9 Å². The van der Waals surface area contributed by atoms with Crippen LogP contribution in [0.1, 0.15) is 26.9 Å². The van der Waals surface area contributed by atoms with E-state index in [2.05, 4.69) is 30.2 Å². The van der Waals surface area contributed by atoms with Crippen LogP contribution in [0.25, 0.3) is 4.96 Å². The lowest BCUT2D eigenvalue weighted by molar-refractivity contribution is 0.102. The number of nitrogens with one attached hydrogen (secondary N) is 2. The second-order valence-corrected chi connectivity index (χ2v) is 9.15. The van der Waals surface area contributed by atoms with E-state index in [4.69, 9.17) is 0 Å². The highest BCUT2D eigenvalue weighted by Gasteiger charge is 2.19. The fourth-order valence-electron chi connectivity index (χ4n) is 2.86. The number of thiazole rings is 1. The molecule has 4 aromatic rings. The number of anilines is 2. The Hall–Kier alpha value is -3.38. The third kappa shape index (κ3) is 3.74. The smallest absolute Gasteiger partial charge is 0.267 e. The molecule has 0 fully saturated rings. The Morgan fingerprint density at radius 2 is 1.80 bits per heavy atom. The van der Waals surface area contributed by atoms with Crippen LogP contribution in [0.3, 0.4) is 0 Å². The Balaban J connectivity index is 1.51. The zero-order valence-corrected chi connectivity index (χ0v) is 17.9. The van der Waals surface area contributed by atoms with E-state index < -0.39 is 10.0 Å². The van der Waals surface area contributed by atoms with Gasteiger partial charge < -0.3 is 5.32 Å². The fraction of sp³-hybridized carbons (Fsp3) is 0.167. The number of nitrogens with zero attached hydrogens (tertiary/aromatic N) is 5. The van der Waals surface area contributed by atoms with Crippen molar-refractivity contribution in [2.75, 3.05) is 10.0 Å². The predicted molar refractivity (Wildman–Crippen MR) is 112 cm³/mol. The zero-order valence-electron chi connectivity index (χ0n) is 16.2. The molecule has 10 nitrogen and oxygen atoms in total. The van der Waals surface area contributed by atoms with Gasteiger partial charge in [-0.05, 0) is 51.1 Å². The van der Waals surface area contributed by atoms with Gasteiger partial charge in [0.15, 0.2) is 0 Å². The van der Waals surface area contributed by atoms with Crippen LogP contribution >= 0.6 is 11.3 Å². The molecule has 3 heterocycles. The van der Waals surface area contributed by atoms with Crippen LogP contribution in [0.4, 0.5) is 11.6 Å². The highest BCUT2D eigenvalue weighted by molar-refractivity contribution is 7.92. The molecular formula is C18H17N7O3S2. The van der Waals surface area contributed by atoms with Crippen LogP contribution in [0.2, 0.25) is 0 Å². The minimum Gasteiger partial charge on any atom is -0.321 e. The van der Waals surface area contributed by atoms with Crippen LogP contribution < -0.4 is 10.0 Å². The molecule has 0 radical (unpaired) electrons. The number of aromatic nitrogens is 5. The van der Waals surface area contributed by atoms with E-state index in [0.717, 1.165) is 5.69 Å². The second kappa shape index (κ2) is 7.46. The van der Waals surface area contributed by atoms with Crippen molar-refractivity contribution < 1.29 is 13.2 Å². The SMILES string of the molecule is Cc1ccnc(NS(=O)(=O)c2ccc(NC(=O)c3sc4nnc(C)n4c3C)cc2)n1. The lowest BCUT2D eigenvalue weighted by Crippen LogP contribution is -2.16. The van der Waals surface area contributed by atoms with Crippen molar-refractivity contribution in [3.8, 4) is 0 Å².